The van der Waals surface area contributed by atoms with Gasteiger partial charge in [-0.25, -0.2) is 0 Å². The third-order valence-electron chi connectivity index (χ3n) is 5.84. The molecule has 0 saturated carbocycles. The highest BCUT2D eigenvalue weighted by Gasteiger charge is 2.38. The van der Waals surface area contributed by atoms with Gasteiger partial charge in [-0.1, -0.05) is 26.7 Å². The molecule has 3 heterocycles. The molecule has 0 spiro atoms. The molecule has 1 aromatic carbocycles. The van der Waals surface area contributed by atoms with E-state index in [1.807, 2.05) is 17.0 Å². The van der Waals surface area contributed by atoms with Gasteiger partial charge in [-0.15, -0.1) is 12.4 Å². The van der Waals surface area contributed by atoms with Crippen molar-refractivity contribution in [3.63, 3.8) is 0 Å². The summed E-state index contributed by atoms with van der Waals surface area (Å²) in [4.78, 5) is 19.5. The highest BCUT2D eigenvalue weighted by Crippen LogP contribution is 2.42. The van der Waals surface area contributed by atoms with Crippen LogP contribution in [-0.2, 0) is 12.8 Å². The number of ether oxygens (including phenoxy) is 2. The van der Waals surface area contributed by atoms with Crippen LogP contribution in [0.2, 0.25) is 0 Å². The van der Waals surface area contributed by atoms with Crippen molar-refractivity contribution in [1.29, 1.82) is 0 Å². The number of pyridine rings is 1. The van der Waals surface area contributed by atoms with Crippen LogP contribution < -0.4 is 9.47 Å². The first-order chi connectivity index (χ1) is 14.2. The summed E-state index contributed by atoms with van der Waals surface area (Å²) in [7, 11) is 0. The van der Waals surface area contributed by atoms with E-state index in [1.165, 1.54) is 11.1 Å². The van der Waals surface area contributed by atoms with E-state index < -0.39 is 0 Å². The van der Waals surface area contributed by atoms with Gasteiger partial charge in [0.25, 0.3) is 5.91 Å². The van der Waals surface area contributed by atoms with E-state index in [2.05, 4.69) is 31.0 Å². The third-order valence-corrected chi connectivity index (χ3v) is 5.84. The molecule has 6 heteroatoms. The van der Waals surface area contributed by atoms with Gasteiger partial charge in [0.2, 0.25) is 0 Å². The van der Waals surface area contributed by atoms with Crippen LogP contribution >= 0.6 is 12.4 Å². The summed E-state index contributed by atoms with van der Waals surface area (Å²) in [6.07, 6.45) is 7.59. The van der Waals surface area contributed by atoms with Gasteiger partial charge in [-0.3, -0.25) is 9.78 Å². The molecule has 2 aliphatic heterocycles. The molecule has 4 rings (SSSR count). The van der Waals surface area contributed by atoms with Crippen molar-refractivity contribution in [2.24, 2.45) is 0 Å². The lowest BCUT2D eigenvalue weighted by Gasteiger charge is -2.41. The van der Waals surface area contributed by atoms with Gasteiger partial charge in [0.05, 0.1) is 30.5 Å². The number of benzene rings is 1. The second-order valence-corrected chi connectivity index (χ2v) is 7.87. The van der Waals surface area contributed by atoms with Gasteiger partial charge in [-0.2, -0.15) is 0 Å². The van der Waals surface area contributed by atoms with E-state index >= 15 is 0 Å². The molecule has 1 unspecified atom stereocenters. The molecule has 0 saturated heterocycles. The number of aromatic nitrogens is 1. The number of nitrogens with zero attached hydrogens (tertiary/aromatic N) is 2. The number of rotatable bonds is 8. The molecule has 30 heavy (non-hydrogen) atoms. The Labute approximate surface area is 185 Å². The molecule has 2 aliphatic rings. The summed E-state index contributed by atoms with van der Waals surface area (Å²) >= 11 is 0. The maximum absolute atomic E-state index is 13.0. The molecule has 0 radical (unpaired) electrons. The average molecular weight is 431 g/mol. The molecule has 0 fully saturated rings. The van der Waals surface area contributed by atoms with Gasteiger partial charge in [-0.05, 0) is 54.7 Å². The van der Waals surface area contributed by atoms with Gasteiger partial charge >= 0.3 is 0 Å². The number of hydrogen-bond donors (Lipinski definition) is 0. The van der Waals surface area contributed by atoms with E-state index in [0.29, 0.717) is 13.2 Å². The summed E-state index contributed by atoms with van der Waals surface area (Å²) in [6.45, 7) is 6.43. The Morgan fingerprint density at radius 3 is 2.50 bits per heavy atom. The molecule has 2 aromatic rings. The van der Waals surface area contributed by atoms with E-state index in [1.54, 1.807) is 6.20 Å². The minimum absolute atomic E-state index is 0. The Morgan fingerprint density at radius 2 is 1.80 bits per heavy atom. The highest BCUT2D eigenvalue weighted by molar-refractivity contribution is 5.97. The summed E-state index contributed by atoms with van der Waals surface area (Å²) in [5.74, 6) is 1.73. The molecular formula is C24H31ClN2O3. The first kappa shape index (κ1) is 22.4. The quantitative estimate of drug-likeness (QED) is 0.543. The van der Waals surface area contributed by atoms with Gasteiger partial charge < -0.3 is 14.4 Å². The predicted molar refractivity (Wildman–Crippen MR) is 120 cm³/mol. The number of carbonyl (C=O) groups excluding carboxylic acids is 1. The Kier molecular flexibility index (Phi) is 7.59. The first-order valence-corrected chi connectivity index (χ1v) is 10.9. The van der Waals surface area contributed by atoms with E-state index in [9.17, 15) is 4.79 Å². The summed E-state index contributed by atoms with van der Waals surface area (Å²) in [5, 5.41) is 0. The molecule has 0 bridgehead atoms. The zero-order valence-electron chi connectivity index (χ0n) is 17.9. The normalized spacial score (nSPS) is 16.8. The highest BCUT2D eigenvalue weighted by atomic mass is 35.5. The molecule has 0 N–H and O–H groups in total. The minimum atomic E-state index is 0. The van der Waals surface area contributed by atoms with Crippen molar-refractivity contribution in [3.05, 3.63) is 52.8 Å². The minimum Gasteiger partial charge on any atom is -0.490 e. The second kappa shape index (κ2) is 10.2. The van der Waals surface area contributed by atoms with Crippen LogP contribution in [0.3, 0.4) is 0 Å². The summed E-state index contributed by atoms with van der Waals surface area (Å²) < 4.78 is 12.2. The number of fused-ring (bicyclic) bond motifs is 4. The van der Waals surface area contributed by atoms with Gasteiger partial charge in [0, 0.05) is 19.2 Å². The van der Waals surface area contributed by atoms with E-state index in [-0.39, 0.29) is 24.4 Å². The van der Waals surface area contributed by atoms with E-state index in [4.69, 9.17) is 9.47 Å². The predicted octanol–water partition coefficient (Wildman–Crippen LogP) is 5.16. The number of amides is 1. The van der Waals surface area contributed by atoms with Gasteiger partial charge in [0.15, 0.2) is 11.5 Å². The van der Waals surface area contributed by atoms with Crippen LogP contribution in [-0.4, -0.2) is 35.5 Å². The zero-order chi connectivity index (χ0) is 20.2. The smallest absolute Gasteiger partial charge is 0.256 e. The second-order valence-electron chi connectivity index (χ2n) is 7.87. The van der Waals surface area contributed by atoms with Crippen LogP contribution in [0.15, 0.2) is 30.5 Å². The average Bonchev–Trinajstić information content (AvgIpc) is 2.74. The Bertz CT molecular complexity index is 887. The first-order valence-electron chi connectivity index (χ1n) is 10.9. The number of halogens is 1. The van der Waals surface area contributed by atoms with E-state index in [0.717, 1.165) is 67.8 Å². The maximum Gasteiger partial charge on any atom is 0.256 e. The van der Waals surface area contributed by atoms with Crippen molar-refractivity contribution in [3.8, 4) is 11.5 Å². The maximum atomic E-state index is 13.0. The lowest BCUT2D eigenvalue weighted by molar-refractivity contribution is 0.0628. The zero-order valence-corrected chi connectivity index (χ0v) is 18.7. The van der Waals surface area contributed by atoms with Crippen LogP contribution in [0.4, 0.5) is 0 Å². The largest absolute Gasteiger partial charge is 0.490 e. The summed E-state index contributed by atoms with van der Waals surface area (Å²) in [6, 6.07) is 8.01. The fraction of sp³-hybridized carbons (Fsp3) is 0.500. The lowest BCUT2D eigenvalue weighted by atomic mass is 9.85. The molecule has 0 aliphatic carbocycles. The van der Waals surface area contributed by atoms with Gasteiger partial charge in [0.1, 0.15) is 0 Å². The van der Waals surface area contributed by atoms with Crippen LogP contribution in [0.25, 0.3) is 0 Å². The molecule has 1 aromatic heterocycles. The van der Waals surface area contributed by atoms with Crippen LogP contribution in [0, 0.1) is 0 Å². The van der Waals surface area contributed by atoms with Crippen molar-refractivity contribution in [2.75, 3.05) is 19.8 Å². The fourth-order valence-electron chi connectivity index (χ4n) is 4.18. The molecule has 1 amide bonds. The Balaban J connectivity index is 0.00000256. The van der Waals surface area contributed by atoms with Crippen molar-refractivity contribution in [2.45, 2.75) is 58.4 Å². The summed E-state index contributed by atoms with van der Waals surface area (Å²) in [5.41, 5.74) is 4.07. The number of hydrogen-bond acceptors (Lipinski definition) is 4. The monoisotopic (exact) mass is 430 g/mol. The van der Waals surface area contributed by atoms with Crippen molar-refractivity contribution in [1.82, 2.24) is 9.88 Å². The SMILES string of the molecule is CCCCOc1cc2c(cc1OCCCC)C1Cc3ncccc3C(=O)N1CC2.Cl. The Hall–Kier alpha value is -2.27. The number of unbranched alkanes of at least 4 members (excludes halogenated alkanes) is 2. The van der Waals surface area contributed by atoms with Crippen molar-refractivity contribution >= 4 is 18.3 Å². The van der Waals surface area contributed by atoms with Crippen LogP contribution in [0.5, 0.6) is 11.5 Å². The molecule has 1 atom stereocenters. The number of carbonyl (C=O) groups is 1. The lowest BCUT2D eigenvalue weighted by Crippen LogP contribution is -2.44. The molecule has 5 nitrogen and oxygen atoms in total. The Morgan fingerprint density at radius 1 is 1.10 bits per heavy atom. The van der Waals surface area contributed by atoms with Crippen molar-refractivity contribution < 1.29 is 14.3 Å². The topological polar surface area (TPSA) is 51.7 Å². The molecule has 162 valence electrons. The van der Waals surface area contributed by atoms with Crippen LogP contribution in [0.1, 0.15) is 72.8 Å². The third kappa shape index (κ3) is 4.41. The molecular weight excluding hydrogens is 400 g/mol. The fourth-order valence-corrected chi connectivity index (χ4v) is 4.18. The standard InChI is InChI=1S/C24H30N2O3.ClH/c1-3-5-12-28-22-14-17-9-11-26-21(19(17)15-23(22)29-13-6-4-2)16-20-18(24(26)27)8-7-10-25-20;/h7-8,10,14-15,21H,3-6,9,11-13,16H2,1-2H3;1H.